The molecule has 0 unspecified atom stereocenters. The van der Waals surface area contributed by atoms with Crippen LogP contribution >= 0.6 is 66.4 Å². The average molecular weight is 2310 g/mol. The molecule has 0 aliphatic rings. The second-order valence-electron chi connectivity index (χ2n) is 24.8. The van der Waals surface area contributed by atoms with Gasteiger partial charge in [0.25, 0.3) is 0 Å². The number of nitrogens with zero attached hydrogens (tertiary/aromatic N) is 16. The van der Waals surface area contributed by atoms with Gasteiger partial charge in [-0.15, -0.1) is 20.5 Å². The number of sulfonamides is 2. The molecule has 0 aliphatic heterocycles. The predicted molar refractivity (Wildman–Crippen MR) is 430 cm³/mol. The van der Waals surface area contributed by atoms with Crippen LogP contribution in [0.4, 0.5) is 45.5 Å². The fourth-order valence-electron chi connectivity index (χ4n) is 10.3. The third-order valence-corrected chi connectivity index (χ3v) is 28.3. The van der Waals surface area contributed by atoms with E-state index in [0.29, 0.717) is 18.2 Å². The first-order valence-electron chi connectivity index (χ1n) is 33.7. The van der Waals surface area contributed by atoms with Crippen LogP contribution in [-0.2, 0) is 112 Å². The number of hydrogen-bond acceptors (Lipinski definition) is 46. The number of hydrogen-bond donors (Lipinski definition) is 2. The van der Waals surface area contributed by atoms with Crippen molar-refractivity contribution in [2.75, 3.05) is 13.1 Å². The van der Waals surface area contributed by atoms with Crippen molar-refractivity contribution in [3.63, 3.8) is 0 Å². The van der Waals surface area contributed by atoms with E-state index in [4.69, 9.17) is 23.2 Å². The molecule has 0 saturated heterocycles. The van der Waals surface area contributed by atoms with Gasteiger partial charge >= 0.3 is 271 Å². The normalized spacial score (nSPS) is 11.7. The summed E-state index contributed by atoms with van der Waals surface area (Å²) in [5.41, 5.74) is -1.90. The van der Waals surface area contributed by atoms with Crippen molar-refractivity contribution in [1.29, 1.82) is 0 Å². The Kier molecular flexibility index (Phi) is 56.0. The minimum Gasteiger partial charge on any atom is -0.871 e. The van der Waals surface area contributed by atoms with Crippen molar-refractivity contribution in [3.8, 4) is 69.3 Å². The zero-order valence-electron chi connectivity index (χ0n) is 72.3. The Balaban J connectivity index is 0.00000216. The van der Waals surface area contributed by atoms with Crippen LogP contribution in [0.2, 0.25) is 10.0 Å². The average Bonchev–Trinajstić information content (AvgIpc) is 1.81. The van der Waals surface area contributed by atoms with Gasteiger partial charge in [-0.1, -0.05) is 52.3 Å². The zero-order valence-corrected chi connectivity index (χ0v) is 102. The molecular weight excluding hydrogens is 2270 g/mol. The van der Waals surface area contributed by atoms with Crippen molar-refractivity contribution in [2.24, 2.45) is 40.9 Å². The van der Waals surface area contributed by atoms with E-state index >= 15 is 0 Å². The monoisotopic (exact) mass is 2310 g/mol. The summed E-state index contributed by atoms with van der Waals surface area (Å²) in [4.78, 5) is -3.05. The molecule has 684 valence electrons. The SMILES string of the molecule is Cc1nn(-c2ccc(SS(=O)(=O)[O-])cc2)c([O-])c1N=Nc1cc(Cl)cc(S(=O)(=O)[O-])c1[O-].Cc1nn(-c2ccc(SS(=O)(=O)[O-])cc2)c([O-])c1N=Nc1cc(Cl)cc(S(=O)(=O)[O-])c1[O-].Cc1nn(-c2ccc(SS(=O)(=O)[O-])cc2)c([O-])c1N=Nc1ccc(S(=O)(=O)NCCNS(=O)(=O)c2cccc(N=Nc3c(C)nn(-c4ccc(SS(=O)(=O)[O-])cc4)c3[O-])c2[O-])cc1[O-].[Cr+3].[Cr+3].[Na+].[Na+].[Na+].[Na+].[Na+].[Na+].[Na+].[Na+]. The molecule has 48 nitrogen and oxygen atoms in total. The summed E-state index contributed by atoms with van der Waals surface area (Å²) in [6.07, 6.45) is 0. The molecule has 138 heavy (non-hydrogen) atoms. The van der Waals surface area contributed by atoms with E-state index in [9.17, 15) is 136 Å². The quantitative estimate of drug-likeness (QED) is 0.0144. The molecule has 0 amide bonds. The Hall–Kier alpha value is -2.28. The number of rotatable bonds is 29. The van der Waals surface area contributed by atoms with Gasteiger partial charge in [-0.25, -0.2) is 95.5 Å². The Morgan fingerprint density at radius 2 is 0.565 bits per heavy atom. The molecule has 4 aromatic heterocycles. The second kappa shape index (κ2) is 56.9. The third kappa shape index (κ3) is 37.8. The molecule has 2 N–H and O–H groups in total. The first kappa shape index (κ1) is 136. The minimum absolute atomic E-state index is 0. The van der Waals surface area contributed by atoms with E-state index in [1.54, 1.807) is 0 Å². The first-order chi connectivity index (χ1) is 59.4. The number of nitrogens with one attached hydrogen (secondary N) is 2. The number of benzene rings is 8. The van der Waals surface area contributed by atoms with Gasteiger partial charge in [0, 0.05) is 66.2 Å². The Morgan fingerprint density at radius 1 is 0.312 bits per heavy atom. The van der Waals surface area contributed by atoms with Gasteiger partial charge in [0.15, 0.2) is 36.6 Å². The summed E-state index contributed by atoms with van der Waals surface area (Å²) >= 11 is 11.5. The summed E-state index contributed by atoms with van der Waals surface area (Å²) in [5.74, 6) is -7.54. The zero-order chi connectivity index (χ0) is 94.5. The van der Waals surface area contributed by atoms with Crippen molar-refractivity contribution < 1.29 is 407 Å². The second-order valence-corrected chi connectivity index (χ2v) is 44.6. The predicted octanol–water partition coefficient (Wildman–Crippen LogP) is -18.1. The van der Waals surface area contributed by atoms with E-state index in [0.717, 1.165) is 55.1 Å². The molecular formula is C66H44Cl2Cr2N18Na8O30S12. The van der Waals surface area contributed by atoms with Crippen LogP contribution < -0.4 is 287 Å². The largest absolute Gasteiger partial charge is 3.00 e. The Morgan fingerprint density at radius 3 is 0.826 bits per heavy atom. The molecule has 2 radical (unpaired) electrons. The first-order valence-corrected chi connectivity index (χ1v) is 51.2. The fraction of sp³-hybridized carbons (Fsp3) is 0.0909. The van der Waals surface area contributed by atoms with Gasteiger partial charge in [0.1, 0.15) is 43.0 Å². The van der Waals surface area contributed by atoms with Crippen LogP contribution in [0.1, 0.15) is 22.8 Å². The maximum Gasteiger partial charge on any atom is 3.00 e. The molecule has 0 saturated carbocycles. The smallest absolute Gasteiger partial charge is 0.871 e. The molecule has 12 rings (SSSR count). The van der Waals surface area contributed by atoms with Gasteiger partial charge in [-0.05, 0) is 223 Å². The molecule has 0 atom stereocenters. The fourth-order valence-corrected chi connectivity index (χ4v) is 20.3. The summed E-state index contributed by atoms with van der Waals surface area (Å²) in [5, 5.41) is 147. The molecule has 0 aliphatic carbocycles. The van der Waals surface area contributed by atoms with Gasteiger partial charge in [0.05, 0.1) is 87.9 Å². The molecule has 12 aromatic rings. The van der Waals surface area contributed by atoms with Crippen molar-refractivity contribution >= 4 is 189 Å². The molecule has 0 spiro atoms. The maximum atomic E-state index is 13.1. The molecule has 0 fully saturated rings. The third-order valence-electron chi connectivity index (χ3n) is 15.8. The number of halogens is 2. The molecule has 0 bridgehead atoms. The van der Waals surface area contributed by atoms with E-state index in [1.165, 1.54) is 131 Å². The maximum absolute atomic E-state index is 13.1. The minimum atomic E-state index is -5.11. The molecule has 72 heteroatoms. The van der Waals surface area contributed by atoms with E-state index < -0.39 is 173 Å². The van der Waals surface area contributed by atoms with E-state index in [2.05, 4.69) is 70.8 Å². The van der Waals surface area contributed by atoms with E-state index in [-0.39, 0.29) is 418 Å². The Labute approximate surface area is 1010 Å². The summed E-state index contributed by atoms with van der Waals surface area (Å²) in [7, 11) is -37.2. The van der Waals surface area contributed by atoms with Gasteiger partial charge in [-0.3, -0.25) is 0 Å². The van der Waals surface area contributed by atoms with Crippen LogP contribution in [-0.4, -0.2) is 147 Å². The van der Waals surface area contributed by atoms with Crippen LogP contribution in [0.5, 0.6) is 46.5 Å². The number of azo groups is 4. The van der Waals surface area contributed by atoms with Gasteiger partial charge in [0.2, 0.25) is 20.0 Å². The van der Waals surface area contributed by atoms with Crippen molar-refractivity contribution in [3.05, 3.63) is 191 Å². The topological polar surface area (TPSA) is 790 Å². The van der Waals surface area contributed by atoms with Crippen LogP contribution in [0, 0.1) is 27.7 Å². The summed E-state index contributed by atoms with van der Waals surface area (Å²) < 4.78 is 258. The van der Waals surface area contributed by atoms with Crippen LogP contribution in [0.25, 0.3) is 22.7 Å². The van der Waals surface area contributed by atoms with Crippen LogP contribution in [0.15, 0.2) is 238 Å². The van der Waals surface area contributed by atoms with Crippen molar-refractivity contribution in [1.82, 2.24) is 48.6 Å². The molecule has 4 heterocycles. The Bertz CT molecular complexity index is 7300. The van der Waals surface area contributed by atoms with Gasteiger partial charge < -0.3 is 68.2 Å². The van der Waals surface area contributed by atoms with Crippen molar-refractivity contribution in [2.45, 2.75) is 66.9 Å². The summed E-state index contributed by atoms with van der Waals surface area (Å²) in [6.45, 7) is 4.57. The molecule has 8 aromatic carbocycles. The van der Waals surface area contributed by atoms with E-state index in [1.807, 2.05) is 0 Å². The number of aromatic nitrogens is 8. The number of aryl methyl sites for hydroxylation is 4. The standard InChI is InChI=1S/C34H32N10O14S6.2C16H13ClN4O8S3.2Cr.8Na/c1-19-30(33(47)43(41-19)21-6-10-23(11-7-21)59-63(53,54)55)39-37-26-15-14-25(18-28(26)45)61(49,50)35-16-17-36-62(51,52)29-5-3-4-27(32(29)46)38-40-31-20(2)42-44(34(31)48)22-8-12-24(13-9-22)60-64(56,57)58;2*1-8-14(19-18-12-6-9(17)7-13(15(12)22)31(24,25)26)16(23)21(20-8)10-2-4-11(5-3-10)30-32(27,28)29;;;;;;;;;;/h3-15,18,35-36,45-48H,16-17H2,1-2H3,(H,53,54,55)(H,56,57,58);2*2-7,22-23H,1H3,(H,24,25,26)(H,27,28,29);;;;;;;;;;/q;;;2*+3;8*+1/p-14. The summed E-state index contributed by atoms with van der Waals surface area (Å²) in [6, 6.07) is 30.4. The van der Waals surface area contributed by atoms with Crippen LogP contribution in [0.3, 0.4) is 0 Å². The number of para-hydroxylation sites is 1. The van der Waals surface area contributed by atoms with Gasteiger partial charge in [-0.2, -0.15) is 40.9 Å².